The molecular formula is C21H14ClF6N3O4. The predicted molar refractivity (Wildman–Crippen MR) is 107 cm³/mol. The number of ether oxygens (including phenoxy) is 2. The fourth-order valence-electron chi connectivity index (χ4n) is 3.91. The molecule has 2 aromatic carbocycles. The van der Waals surface area contributed by atoms with Crippen LogP contribution in [-0.4, -0.2) is 33.0 Å². The zero-order chi connectivity index (χ0) is 25.7. The van der Waals surface area contributed by atoms with Gasteiger partial charge in [-0.1, -0.05) is 23.7 Å². The number of rotatable bonds is 4. The Bertz CT molecular complexity index is 1290. The van der Waals surface area contributed by atoms with Gasteiger partial charge in [-0.2, -0.15) is 26.3 Å². The van der Waals surface area contributed by atoms with E-state index >= 15 is 0 Å². The van der Waals surface area contributed by atoms with Crippen molar-refractivity contribution in [2.45, 2.75) is 31.0 Å². The molecule has 0 saturated carbocycles. The molecule has 1 aliphatic rings. The maximum Gasteiger partial charge on any atom is 0.452 e. The van der Waals surface area contributed by atoms with Crippen LogP contribution in [0.5, 0.6) is 5.75 Å². The molecule has 1 N–H and O–H groups in total. The number of para-hydroxylation sites is 1. The van der Waals surface area contributed by atoms with E-state index in [1.54, 1.807) is 0 Å². The van der Waals surface area contributed by atoms with Crippen LogP contribution < -0.4 is 4.74 Å². The molecule has 0 spiro atoms. The third-order valence-corrected chi connectivity index (χ3v) is 5.48. The van der Waals surface area contributed by atoms with Crippen LogP contribution in [0.3, 0.4) is 0 Å². The first-order chi connectivity index (χ1) is 16.3. The van der Waals surface area contributed by atoms with E-state index in [-0.39, 0.29) is 21.8 Å². The van der Waals surface area contributed by atoms with Crippen molar-refractivity contribution in [3.8, 4) is 11.4 Å². The van der Waals surface area contributed by atoms with Crippen molar-refractivity contribution in [3.63, 3.8) is 0 Å². The summed E-state index contributed by atoms with van der Waals surface area (Å²) in [5.74, 6) is -4.04. The van der Waals surface area contributed by atoms with Gasteiger partial charge in [0.15, 0.2) is 5.82 Å². The second kappa shape index (κ2) is 8.72. The number of benzene rings is 2. The zero-order valence-corrected chi connectivity index (χ0v) is 18.2. The minimum atomic E-state index is -5.00. The molecule has 14 heteroatoms. The molecule has 35 heavy (non-hydrogen) atoms. The minimum Gasteiger partial charge on any atom is -0.496 e. The van der Waals surface area contributed by atoms with Crippen molar-refractivity contribution in [2.24, 2.45) is 0 Å². The summed E-state index contributed by atoms with van der Waals surface area (Å²) in [5, 5.41) is 16.1. The van der Waals surface area contributed by atoms with E-state index in [1.165, 1.54) is 24.3 Å². The summed E-state index contributed by atoms with van der Waals surface area (Å²) in [6.07, 6.45) is -13.8. The van der Waals surface area contributed by atoms with Crippen molar-refractivity contribution < 1.29 is 45.7 Å². The Morgan fingerprint density at radius 2 is 1.83 bits per heavy atom. The van der Waals surface area contributed by atoms with Crippen LogP contribution >= 0.6 is 11.6 Å². The molecule has 1 aliphatic heterocycles. The van der Waals surface area contributed by atoms with Gasteiger partial charge in [0.25, 0.3) is 0 Å². The highest BCUT2D eigenvalue weighted by atomic mass is 35.5. The molecule has 0 aliphatic carbocycles. The molecule has 4 rings (SSSR count). The Labute approximate surface area is 197 Å². The predicted octanol–water partition coefficient (Wildman–Crippen LogP) is 5.60. The van der Waals surface area contributed by atoms with Gasteiger partial charge in [-0.05, 0) is 24.3 Å². The van der Waals surface area contributed by atoms with Crippen LogP contribution in [0.15, 0.2) is 36.4 Å². The molecule has 2 heterocycles. The Morgan fingerprint density at radius 1 is 1.11 bits per heavy atom. The van der Waals surface area contributed by atoms with Crippen molar-refractivity contribution in [2.75, 3.05) is 7.11 Å². The maximum absolute atomic E-state index is 13.8. The van der Waals surface area contributed by atoms with Crippen molar-refractivity contribution in [1.82, 2.24) is 14.8 Å². The molecule has 0 bridgehead atoms. The Balaban J connectivity index is 2.05. The summed E-state index contributed by atoms with van der Waals surface area (Å²) in [7, 11) is 0.995. The fourth-order valence-corrected chi connectivity index (χ4v) is 4.10. The summed E-state index contributed by atoms with van der Waals surface area (Å²) < 4.78 is 93.8. The Hall–Kier alpha value is -3.32. The number of nitrogens with zero attached hydrogens (tertiary/aromatic N) is 3. The van der Waals surface area contributed by atoms with Crippen molar-refractivity contribution in [3.05, 3.63) is 69.8 Å². The van der Waals surface area contributed by atoms with Crippen LogP contribution in [0.25, 0.3) is 5.69 Å². The van der Waals surface area contributed by atoms with Gasteiger partial charge < -0.3 is 14.6 Å². The van der Waals surface area contributed by atoms with Gasteiger partial charge in [0.2, 0.25) is 5.82 Å². The first kappa shape index (κ1) is 24.8. The van der Waals surface area contributed by atoms with E-state index in [2.05, 4.69) is 10.2 Å². The van der Waals surface area contributed by atoms with Gasteiger partial charge in [0.1, 0.15) is 18.0 Å². The number of hydrogen-bond donors (Lipinski definition) is 1. The lowest BCUT2D eigenvalue weighted by molar-refractivity contribution is -0.146. The third-order valence-electron chi connectivity index (χ3n) is 5.24. The summed E-state index contributed by atoms with van der Waals surface area (Å²) >= 11 is 6.09. The number of alkyl halides is 6. The maximum atomic E-state index is 13.8. The van der Waals surface area contributed by atoms with Crippen LogP contribution in [0, 0.1) is 0 Å². The topological polar surface area (TPSA) is 86.5 Å². The summed E-state index contributed by atoms with van der Waals surface area (Å²) in [6.45, 7) is 0. The SMILES string of the molecule is COc1c([C@@H]2O[C@@H](CC(=O)O)c3nnc(C(F)(F)F)n3-c3ccc(Cl)cc32)cccc1C(F)(F)F. The average molecular weight is 522 g/mol. The first-order valence-electron chi connectivity index (χ1n) is 9.76. The molecule has 0 unspecified atom stereocenters. The number of aliphatic carboxylic acids is 1. The van der Waals surface area contributed by atoms with Gasteiger partial charge >= 0.3 is 18.3 Å². The van der Waals surface area contributed by atoms with Crippen LogP contribution in [0.2, 0.25) is 5.02 Å². The molecule has 2 atom stereocenters. The normalized spacial score (nSPS) is 17.9. The lowest BCUT2D eigenvalue weighted by Gasteiger charge is -2.25. The van der Waals surface area contributed by atoms with Crippen LogP contribution in [-0.2, 0) is 21.9 Å². The number of carbonyl (C=O) groups is 1. The van der Waals surface area contributed by atoms with Gasteiger partial charge in [-0.15, -0.1) is 10.2 Å². The van der Waals surface area contributed by atoms with Gasteiger partial charge in [-0.3, -0.25) is 9.36 Å². The summed E-state index contributed by atoms with van der Waals surface area (Å²) in [6, 6.07) is 6.75. The van der Waals surface area contributed by atoms with E-state index in [0.29, 0.717) is 4.57 Å². The standard InChI is InChI=1S/C21H14ClF6N3O4/c1-34-17-10(3-2-4-12(17)20(23,24)25)16-11-7-9(22)5-6-13(11)31-18(14(35-16)8-15(32)33)29-30-19(31)21(26,27)28/h2-7,14,16H,8H2,1H3,(H,32,33)/t14-,16-/m0/s1. The molecule has 0 amide bonds. The van der Waals surface area contributed by atoms with E-state index in [9.17, 15) is 36.2 Å². The molecule has 3 aromatic rings. The van der Waals surface area contributed by atoms with Gasteiger partial charge in [0, 0.05) is 16.1 Å². The highest BCUT2D eigenvalue weighted by Gasteiger charge is 2.44. The molecular weight excluding hydrogens is 508 g/mol. The summed E-state index contributed by atoms with van der Waals surface area (Å²) in [5.41, 5.74) is -1.62. The monoisotopic (exact) mass is 521 g/mol. The van der Waals surface area contributed by atoms with Crippen LogP contribution in [0.1, 0.15) is 47.0 Å². The van der Waals surface area contributed by atoms with Crippen molar-refractivity contribution in [1.29, 1.82) is 0 Å². The van der Waals surface area contributed by atoms with Crippen LogP contribution in [0.4, 0.5) is 26.3 Å². The second-order valence-corrected chi connectivity index (χ2v) is 7.88. The smallest absolute Gasteiger partial charge is 0.452 e. The number of halogens is 7. The first-order valence-corrected chi connectivity index (χ1v) is 10.1. The van der Waals surface area contributed by atoms with Crippen molar-refractivity contribution >= 4 is 17.6 Å². The number of methoxy groups -OCH3 is 1. The molecule has 1 aromatic heterocycles. The highest BCUT2D eigenvalue weighted by Crippen LogP contribution is 2.48. The Morgan fingerprint density at radius 3 is 2.43 bits per heavy atom. The zero-order valence-electron chi connectivity index (χ0n) is 17.5. The number of aromatic nitrogens is 3. The number of hydrogen-bond acceptors (Lipinski definition) is 5. The minimum absolute atomic E-state index is 0.0446. The highest BCUT2D eigenvalue weighted by molar-refractivity contribution is 6.30. The van der Waals surface area contributed by atoms with Gasteiger partial charge in [0.05, 0.1) is 24.8 Å². The van der Waals surface area contributed by atoms with E-state index < -0.39 is 59.9 Å². The average Bonchev–Trinajstić information content (AvgIpc) is 3.16. The number of carboxylic acids is 1. The van der Waals surface area contributed by atoms with E-state index in [0.717, 1.165) is 19.2 Å². The molecule has 7 nitrogen and oxygen atoms in total. The number of fused-ring (bicyclic) bond motifs is 3. The fraction of sp³-hybridized carbons (Fsp3) is 0.286. The molecule has 186 valence electrons. The lowest BCUT2D eigenvalue weighted by atomic mass is 9.96. The van der Waals surface area contributed by atoms with E-state index in [1.807, 2.05) is 0 Å². The second-order valence-electron chi connectivity index (χ2n) is 7.45. The van der Waals surface area contributed by atoms with E-state index in [4.69, 9.17) is 21.1 Å². The summed E-state index contributed by atoms with van der Waals surface area (Å²) in [4.78, 5) is 11.5. The van der Waals surface area contributed by atoms with Gasteiger partial charge in [-0.25, -0.2) is 0 Å². The Kier molecular flexibility index (Phi) is 6.18. The lowest BCUT2D eigenvalue weighted by Crippen LogP contribution is -2.17. The quantitative estimate of drug-likeness (QED) is 0.450. The largest absolute Gasteiger partial charge is 0.496 e. The molecule has 0 fully saturated rings. The molecule has 0 saturated heterocycles. The molecule has 0 radical (unpaired) electrons. The number of carboxylic acid groups (broad SMARTS) is 1. The third kappa shape index (κ3) is 4.52.